The highest BCUT2D eigenvalue weighted by atomic mass is 35.5. The molecule has 0 amide bonds. The molecule has 0 saturated carbocycles. The molecule has 5 heteroatoms. The predicted octanol–water partition coefficient (Wildman–Crippen LogP) is 3.40. The van der Waals surface area contributed by atoms with E-state index in [4.69, 9.17) is 4.74 Å². The number of hydrogen-bond donors (Lipinski definition) is 1. The van der Waals surface area contributed by atoms with Crippen LogP contribution in [0.3, 0.4) is 0 Å². The number of rotatable bonds is 3. The minimum absolute atomic E-state index is 0. The van der Waals surface area contributed by atoms with Gasteiger partial charge < -0.3 is 15.0 Å². The summed E-state index contributed by atoms with van der Waals surface area (Å²) < 4.78 is 5.23. The third-order valence-electron chi connectivity index (χ3n) is 4.77. The van der Waals surface area contributed by atoms with Gasteiger partial charge in [0.05, 0.1) is 7.11 Å². The van der Waals surface area contributed by atoms with Gasteiger partial charge in [-0.05, 0) is 29.3 Å². The maximum atomic E-state index is 5.23. The monoisotopic (exact) mass is 352 g/mol. The van der Waals surface area contributed by atoms with Crippen LogP contribution in [0.25, 0.3) is 0 Å². The van der Waals surface area contributed by atoms with Gasteiger partial charge in [-0.2, -0.15) is 0 Å². The topological polar surface area (TPSA) is 24.5 Å². The Kier molecular flexibility index (Phi) is 5.45. The Morgan fingerprint density at radius 3 is 2.35 bits per heavy atom. The molecule has 2 aromatic carbocycles. The van der Waals surface area contributed by atoms with Crippen molar-refractivity contribution < 1.29 is 4.74 Å². The summed E-state index contributed by atoms with van der Waals surface area (Å²) in [4.78, 5) is 2.51. The highest BCUT2D eigenvalue weighted by molar-refractivity contribution is 5.85. The Balaban J connectivity index is 0.000000960. The zero-order chi connectivity index (χ0) is 14.3. The van der Waals surface area contributed by atoms with Gasteiger partial charge in [0.15, 0.2) is 0 Å². The molecule has 0 aromatic heterocycles. The summed E-state index contributed by atoms with van der Waals surface area (Å²) in [5.74, 6) is 0.917. The molecule has 2 heterocycles. The maximum Gasteiger partial charge on any atom is 0.118 e. The zero-order valence-corrected chi connectivity index (χ0v) is 14.8. The van der Waals surface area contributed by atoms with Crippen LogP contribution < -0.4 is 15.0 Å². The molecule has 0 bridgehead atoms. The van der Waals surface area contributed by atoms with E-state index in [-0.39, 0.29) is 24.8 Å². The summed E-state index contributed by atoms with van der Waals surface area (Å²) in [5, 5.41) is 3.44. The highest BCUT2D eigenvalue weighted by Crippen LogP contribution is 2.43. The van der Waals surface area contributed by atoms with Gasteiger partial charge in [0, 0.05) is 37.3 Å². The van der Waals surface area contributed by atoms with Crippen molar-refractivity contribution >= 4 is 30.5 Å². The largest absolute Gasteiger partial charge is 0.497 e. The number of ether oxygens (including phenoxy) is 1. The van der Waals surface area contributed by atoms with E-state index < -0.39 is 0 Å². The van der Waals surface area contributed by atoms with Crippen molar-refractivity contribution in [3.63, 3.8) is 0 Å². The summed E-state index contributed by atoms with van der Waals surface area (Å²) in [7, 11) is 1.71. The van der Waals surface area contributed by atoms with Crippen LogP contribution in [0.2, 0.25) is 0 Å². The fraction of sp³-hybridized carbons (Fsp3) is 0.333. The molecule has 2 aliphatic rings. The number of nitrogens with one attached hydrogen (secondary N) is 1. The molecule has 2 aliphatic heterocycles. The van der Waals surface area contributed by atoms with Gasteiger partial charge in [0.1, 0.15) is 5.75 Å². The lowest BCUT2D eigenvalue weighted by Crippen LogP contribution is -2.58. The number of fused-ring (bicyclic) bond motifs is 2. The first kappa shape index (κ1) is 17.9. The van der Waals surface area contributed by atoms with Crippen LogP contribution in [0.5, 0.6) is 5.75 Å². The van der Waals surface area contributed by atoms with Crippen molar-refractivity contribution in [2.24, 2.45) is 0 Å². The SMILES string of the molecule is COc1ccc(CN2CC3(CNC3)c3ccccc32)cc1.Cl.Cl. The molecule has 124 valence electrons. The Bertz CT molecular complexity index is 656. The fourth-order valence-electron chi connectivity index (χ4n) is 3.55. The Labute approximate surface area is 149 Å². The lowest BCUT2D eigenvalue weighted by atomic mass is 9.77. The van der Waals surface area contributed by atoms with Crippen LogP contribution >= 0.6 is 24.8 Å². The molecule has 0 radical (unpaired) electrons. The summed E-state index contributed by atoms with van der Waals surface area (Å²) in [6, 6.07) is 17.3. The second-order valence-electron chi connectivity index (χ2n) is 6.11. The standard InChI is InChI=1S/C18H20N2O.2ClH/c1-21-15-8-6-14(7-9-15)10-20-13-18(11-19-12-18)16-4-2-3-5-17(16)20;;/h2-9,19H,10-13H2,1H3;2*1H. The van der Waals surface area contributed by atoms with Crippen LogP contribution in [0, 0.1) is 0 Å². The van der Waals surface area contributed by atoms with E-state index in [1.807, 2.05) is 12.1 Å². The Hall–Kier alpha value is -1.42. The summed E-state index contributed by atoms with van der Waals surface area (Å²) >= 11 is 0. The van der Waals surface area contributed by atoms with Crippen molar-refractivity contribution in [2.45, 2.75) is 12.0 Å². The van der Waals surface area contributed by atoms with Crippen LogP contribution in [-0.2, 0) is 12.0 Å². The van der Waals surface area contributed by atoms with Gasteiger partial charge in [0.25, 0.3) is 0 Å². The normalized spacial score (nSPS) is 16.8. The van der Waals surface area contributed by atoms with Gasteiger partial charge in [-0.25, -0.2) is 0 Å². The van der Waals surface area contributed by atoms with Crippen LogP contribution in [0.15, 0.2) is 48.5 Å². The molecular formula is C18H22Cl2N2O. The maximum absolute atomic E-state index is 5.23. The third kappa shape index (κ3) is 3.01. The zero-order valence-electron chi connectivity index (χ0n) is 13.1. The van der Waals surface area contributed by atoms with Gasteiger partial charge in [-0.15, -0.1) is 24.8 Å². The number of hydrogen-bond acceptors (Lipinski definition) is 3. The van der Waals surface area contributed by atoms with E-state index >= 15 is 0 Å². The average molecular weight is 353 g/mol. The smallest absolute Gasteiger partial charge is 0.118 e. The lowest BCUT2D eigenvalue weighted by Gasteiger charge is -2.40. The van der Waals surface area contributed by atoms with Gasteiger partial charge in [0.2, 0.25) is 0 Å². The summed E-state index contributed by atoms with van der Waals surface area (Å²) in [6.45, 7) is 4.28. The molecule has 3 nitrogen and oxygen atoms in total. The van der Waals surface area contributed by atoms with Crippen molar-refractivity contribution in [1.82, 2.24) is 5.32 Å². The van der Waals surface area contributed by atoms with E-state index in [0.29, 0.717) is 5.41 Å². The fourth-order valence-corrected chi connectivity index (χ4v) is 3.55. The van der Waals surface area contributed by atoms with Crippen molar-refractivity contribution in [3.8, 4) is 5.75 Å². The van der Waals surface area contributed by atoms with Crippen molar-refractivity contribution in [3.05, 3.63) is 59.7 Å². The number of methoxy groups -OCH3 is 1. The average Bonchev–Trinajstić information content (AvgIpc) is 2.83. The number of nitrogens with zero attached hydrogens (tertiary/aromatic N) is 1. The molecule has 0 aliphatic carbocycles. The van der Waals surface area contributed by atoms with E-state index in [0.717, 1.165) is 31.9 Å². The quantitative estimate of drug-likeness (QED) is 0.915. The first-order valence-electron chi connectivity index (χ1n) is 7.49. The molecule has 23 heavy (non-hydrogen) atoms. The number of halogens is 2. The molecule has 2 aromatic rings. The van der Waals surface area contributed by atoms with Gasteiger partial charge >= 0.3 is 0 Å². The molecule has 0 unspecified atom stereocenters. The van der Waals surface area contributed by atoms with Gasteiger partial charge in [-0.1, -0.05) is 30.3 Å². The predicted molar refractivity (Wildman–Crippen MR) is 99.5 cm³/mol. The van der Waals surface area contributed by atoms with Crippen LogP contribution in [0.1, 0.15) is 11.1 Å². The highest BCUT2D eigenvalue weighted by Gasteiger charge is 2.46. The van der Waals surface area contributed by atoms with Gasteiger partial charge in [-0.3, -0.25) is 0 Å². The molecule has 0 atom stereocenters. The van der Waals surface area contributed by atoms with E-state index in [1.54, 1.807) is 7.11 Å². The lowest BCUT2D eigenvalue weighted by molar-refractivity contribution is 0.295. The van der Waals surface area contributed by atoms with E-state index in [1.165, 1.54) is 16.8 Å². The molecule has 1 fully saturated rings. The second-order valence-corrected chi connectivity index (χ2v) is 6.11. The first-order valence-corrected chi connectivity index (χ1v) is 7.49. The minimum Gasteiger partial charge on any atom is -0.497 e. The Morgan fingerprint density at radius 2 is 1.74 bits per heavy atom. The molecule has 1 N–H and O–H groups in total. The van der Waals surface area contributed by atoms with E-state index in [9.17, 15) is 0 Å². The van der Waals surface area contributed by atoms with Crippen LogP contribution in [-0.4, -0.2) is 26.7 Å². The molecule has 4 rings (SSSR count). The molecule has 1 spiro atoms. The minimum atomic E-state index is 0. The molecule has 1 saturated heterocycles. The molecular weight excluding hydrogens is 331 g/mol. The number of benzene rings is 2. The summed E-state index contributed by atoms with van der Waals surface area (Å²) in [6.07, 6.45) is 0. The van der Waals surface area contributed by atoms with E-state index in [2.05, 4.69) is 46.6 Å². The first-order chi connectivity index (χ1) is 10.3. The number of para-hydroxylation sites is 1. The Morgan fingerprint density at radius 1 is 1.04 bits per heavy atom. The van der Waals surface area contributed by atoms with Crippen molar-refractivity contribution in [2.75, 3.05) is 31.6 Å². The third-order valence-corrected chi connectivity index (χ3v) is 4.77. The summed E-state index contributed by atoms with van der Waals surface area (Å²) in [5.41, 5.74) is 4.57. The second kappa shape index (κ2) is 7.00. The van der Waals surface area contributed by atoms with Crippen molar-refractivity contribution in [1.29, 1.82) is 0 Å². The van der Waals surface area contributed by atoms with Crippen LogP contribution in [0.4, 0.5) is 5.69 Å². The number of anilines is 1.